The molecule has 0 spiro atoms. The lowest BCUT2D eigenvalue weighted by molar-refractivity contribution is 0.413. The van der Waals surface area contributed by atoms with Gasteiger partial charge in [-0.1, -0.05) is 18.2 Å². The molecule has 1 heterocycles. The van der Waals surface area contributed by atoms with Crippen LogP contribution in [0.2, 0.25) is 0 Å². The summed E-state index contributed by atoms with van der Waals surface area (Å²) in [6.07, 6.45) is 1.71. The van der Waals surface area contributed by atoms with Gasteiger partial charge in [0.2, 0.25) is 0 Å². The van der Waals surface area contributed by atoms with Gasteiger partial charge in [0, 0.05) is 17.2 Å². The lowest BCUT2D eigenvalue weighted by Crippen LogP contribution is -2.05. The highest BCUT2D eigenvalue weighted by molar-refractivity contribution is 7.99. The molecule has 0 saturated carbocycles. The maximum Gasteiger partial charge on any atom is 0.137 e. The van der Waals surface area contributed by atoms with E-state index in [1.807, 2.05) is 30.0 Å². The van der Waals surface area contributed by atoms with E-state index in [9.17, 15) is 0 Å². The standard InChI is InChI=1S/C14H16N2OS/c1-17-12-7-8-14(16-11-12)15-9-10-18-13-5-3-2-4-6-13/h2-8,11H,9-10H2,1H3,(H,15,16). The third kappa shape index (κ3) is 3.96. The summed E-state index contributed by atoms with van der Waals surface area (Å²) in [5.74, 6) is 2.67. The van der Waals surface area contributed by atoms with Crippen LogP contribution in [0.3, 0.4) is 0 Å². The number of rotatable bonds is 6. The van der Waals surface area contributed by atoms with Gasteiger partial charge < -0.3 is 10.1 Å². The molecule has 2 rings (SSSR count). The molecule has 18 heavy (non-hydrogen) atoms. The largest absolute Gasteiger partial charge is 0.495 e. The van der Waals surface area contributed by atoms with Crippen LogP contribution >= 0.6 is 11.8 Å². The maximum absolute atomic E-state index is 5.06. The Hall–Kier alpha value is -1.68. The average molecular weight is 260 g/mol. The second kappa shape index (κ2) is 6.91. The lowest BCUT2D eigenvalue weighted by atomic mass is 10.4. The number of nitrogens with one attached hydrogen (secondary N) is 1. The van der Waals surface area contributed by atoms with Crippen molar-refractivity contribution in [2.75, 3.05) is 24.7 Å². The Bertz CT molecular complexity index is 459. The Labute approximate surface area is 112 Å². The van der Waals surface area contributed by atoms with E-state index in [4.69, 9.17) is 4.74 Å². The first kappa shape index (κ1) is 12.8. The number of anilines is 1. The normalized spacial score (nSPS) is 10.1. The number of methoxy groups -OCH3 is 1. The van der Waals surface area contributed by atoms with E-state index in [1.165, 1.54) is 4.90 Å². The van der Waals surface area contributed by atoms with Crippen LogP contribution in [0, 0.1) is 0 Å². The van der Waals surface area contributed by atoms with Crippen LogP contribution in [0.5, 0.6) is 5.75 Å². The van der Waals surface area contributed by atoms with Gasteiger partial charge in [-0.05, 0) is 24.3 Å². The number of ether oxygens (including phenoxy) is 1. The van der Waals surface area contributed by atoms with Crippen molar-refractivity contribution >= 4 is 17.6 Å². The zero-order valence-electron chi connectivity index (χ0n) is 10.3. The van der Waals surface area contributed by atoms with Crippen molar-refractivity contribution in [2.45, 2.75) is 4.90 Å². The SMILES string of the molecule is COc1ccc(NCCSc2ccccc2)nc1. The summed E-state index contributed by atoms with van der Waals surface area (Å²) in [5, 5.41) is 3.28. The van der Waals surface area contributed by atoms with Gasteiger partial charge in [0.1, 0.15) is 11.6 Å². The quantitative estimate of drug-likeness (QED) is 0.638. The molecule has 0 atom stereocenters. The molecule has 94 valence electrons. The summed E-state index contributed by atoms with van der Waals surface area (Å²) < 4.78 is 5.06. The molecule has 0 aliphatic heterocycles. The highest BCUT2D eigenvalue weighted by atomic mass is 32.2. The van der Waals surface area contributed by atoms with E-state index in [0.29, 0.717) is 0 Å². The summed E-state index contributed by atoms with van der Waals surface area (Å²) in [6.45, 7) is 0.888. The van der Waals surface area contributed by atoms with Gasteiger partial charge in [-0.3, -0.25) is 0 Å². The summed E-state index contributed by atoms with van der Waals surface area (Å²) in [4.78, 5) is 5.54. The van der Waals surface area contributed by atoms with Crippen LogP contribution < -0.4 is 10.1 Å². The first-order valence-corrected chi connectivity index (χ1v) is 6.79. The first-order valence-electron chi connectivity index (χ1n) is 5.80. The fourth-order valence-corrected chi connectivity index (χ4v) is 2.26. The monoisotopic (exact) mass is 260 g/mol. The van der Waals surface area contributed by atoms with Gasteiger partial charge >= 0.3 is 0 Å². The number of pyridine rings is 1. The number of aromatic nitrogens is 1. The molecule has 0 saturated heterocycles. The second-order valence-electron chi connectivity index (χ2n) is 3.67. The smallest absolute Gasteiger partial charge is 0.137 e. The van der Waals surface area contributed by atoms with E-state index in [1.54, 1.807) is 13.3 Å². The molecule has 0 amide bonds. The van der Waals surface area contributed by atoms with Gasteiger partial charge in [0.15, 0.2) is 0 Å². The Kier molecular flexibility index (Phi) is 4.90. The topological polar surface area (TPSA) is 34.1 Å². The molecular formula is C14H16N2OS. The highest BCUT2D eigenvalue weighted by Crippen LogP contribution is 2.16. The Morgan fingerprint density at radius 1 is 1.17 bits per heavy atom. The number of thioether (sulfide) groups is 1. The molecule has 0 radical (unpaired) electrons. The zero-order chi connectivity index (χ0) is 12.6. The molecule has 0 aliphatic rings. The van der Waals surface area contributed by atoms with Crippen LogP contribution in [-0.4, -0.2) is 24.4 Å². The first-order chi connectivity index (χ1) is 8.88. The van der Waals surface area contributed by atoms with Gasteiger partial charge in [-0.15, -0.1) is 11.8 Å². The van der Waals surface area contributed by atoms with Crippen LogP contribution in [-0.2, 0) is 0 Å². The fourth-order valence-electron chi connectivity index (χ4n) is 1.47. The highest BCUT2D eigenvalue weighted by Gasteiger charge is 1.96. The third-order valence-electron chi connectivity index (χ3n) is 2.39. The minimum atomic E-state index is 0.777. The van der Waals surface area contributed by atoms with Gasteiger partial charge in [-0.2, -0.15) is 0 Å². The predicted octanol–water partition coefficient (Wildman–Crippen LogP) is 3.29. The van der Waals surface area contributed by atoms with Gasteiger partial charge in [0.05, 0.1) is 13.3 Å². The number of hydrogen-bond acceptors (Lipinski definition) is 4. The summed E-state index contributed by atoms with van der Waals surface area (Å²) >= 11 is 1.83. The van der Waals surface area contributed by atoms with Crippen molar-refractivity contribution in [2.24, 2.45) is 0 Å². The van der Waals surface area contributed by atoms with Crippen molar-refractivity contribution in [1.29, 1.82) is 0 Å². The number of benzene rings is 1. The molecular weight excluding hydrogens is 244 g/mol. The molecule has 0 aliphatic carbocycles. The Morgan fingerprint density at radius 2 is 2.00 bits per heavy atom. The Morgan fingerprint density at radius 3 is 2.67 bits per heavy atom. The number of nitrogens with zero attached hydrogens (tertiary/aromatic N) is 1. The average Bonchev–Trinajstić information content (AvgIpc) is 2.45. The summed E-state index contributed by atoms with van der Waals surface area (Å²) in [7, 11) is 1.64. The van der Waals surface area contributed by atoms with E-state index in [2.05, 4.69) is 34.6 Å². The molecule has 2 aromatic rings. The zero-order valence-corrected chi connectivity index (χ0v) is 11.1. The Balaban J connectivity index is 1.72. The van der Waals surface area contributed by atoms with Crippen molar-refractivity contribution in [3.8, 4) is 5.75 Å². The third-order valence-corrected chi connectivity index (χ3v) is 3.41. The van der Waals surface area contributed by atoms with Crippen molar-refractivity contribution in [3.05, 3.63) is 48.7 Å². The van der Waals surface area contributed by atoms with E-state index < -0.39 is 0 Å². The summed E-state index contributed by atoms with van der Waals surface area (Å²) in [5.41, 5.74) is 0. The molecule has 0 unspecified atom stereocenters. The minimum absolute atomic E-state index is 0.777. The van der Waals surface area contributed by atoms with Crippen molar-refractivity contribution in [3.63, 3.8) is 0 Å². The minimum Gasteiger partial charge on any atom is -0.495 e. The van der Waals surface area contributed by atoms with Gasteiger partial charge in [-0.25, -0.2) is 4.98 Å². The molecule has 1 N–H and O–H groups in total. The molecule has 1 aromatic carbocycles. The van der Waals surface area contributed by atoms with Crippen LogP contribution in [0.15, 0.2) is 53.6 Å². The van der Waals surface area contributed by atoms with E-state index >= 15 is 0 Å². The van der Waals surface area contributed by atoms with Crippen LogP contribution in [0.4, 0.5) is 5.82 Å². The maximum atomic E-state index is 5.06. The van der Waals surface area contributed by atoms with Crippen molar-refractivity contribution in [1.82, 2.24) is 4.98 Å². The lowest BCUT2D eigenvalue weighted by Gasteiger charge is -2.06. The molecule has 1 aromatic heterocycles. The number of hydrogen-bond donors (Lipinski definition) is 1. The molecule has 0 bridgehead atoms. The second-order valence-corrected chi connectivity index (χ2v) is 4.84. The van der Waals surface area contributed by atoms with Crippen molar-refractivity contribution < 1.29 is 4.74 Å². The van der Waals surface area contributed by atoms with Gasteiger partial charge in [0.25, 0.3) is 0 Å². The fraction of sp³-hybridized carbons (Fsp3) is 0.214. The molecule has 3 nitrogen and oxygen atoms in total. The van der Waals surface area contributed by atoms with E-state index in [0.717, 1.165) is 23.9 Å². The van der Waals surface area contributed by atoms with E-state index in [-0.39, 0.29) is 0 Å². The predicted molar refractivity (Wildman–Crippen MR) is 76.4 cm³/mol. The molecule has 0 fully saturated rings. The van der Waals surface area contributed by atoms with Crippen LogP contribution in [0.1, 0.15) is 0 Å². The van der Waals surface area contributed by atoms with Crippen LogP contribution in [0.25, 0.3) is 0 Å². The summed E-state index contributed by atoms with van der Waals surface area (Å²) in [6, 6.07) is 14.2. The molecule has 4 heteroatoms.